The maximum Gasteiger partial charge on any atom is 0.257 e. The summed E-state index contributed by atoms with van der Waals surface area (Å²) in [5.41, 5.74) is 0.317. The molecule has 0 radical (unpaired) electrons. The summed E-state index contributed by atoms with van der Waals surface area (Å²) in [5, 5.41) is 12.0. The number of carbonyl (C=O) groups is 2. The molecule has 126 valence electrons. The fraction of sp³-hybridized carbons (Fsp3) is 0.368. The minimum atomic E-state index is -0.185. The van der Waals surface area contributed by atoms with Crippen molar-refractivity contribution in [2.45, 2.75) is 13.8 Å². The zero-order chi connectivity index (χ0) is 17.3. The topological polar surface area (TPSA) is 60.9 Å². The number of nitrogens with zero attached hydrogens (tertiary/aromatic N) is 2. The van der Waals surface area contributed by atoms with Crippen LogP contribution >= 0.6 is 0 Å². The lowest BCUT2D eigenvalue weighted by Crippen LogP contribution is -2.51. The molecule has 2 aromatic rings. The van der Waals surface area contributed by atoms with E-state index in [4.69, 9.17) is 0 Å². The largest absolute Gasteiger partial charge is 0.507 e. The molecule has 5 nitrogen and oxygen atoms in total. The normalized spacial score (nSPS) is 15.1. The van der Waals surface area contributed by atoms with Crippen LogP contribution in [0.3, 0.4) is 0 Å². The molecule has 5 heteroatoms. The Kier molecular flexibility index (Phi) is 4.42. The third kappa shape index (κ3) is 3.07. The number of hydrogen-bond donors (Lipinski definition) is 1. The van der Waals surface area contributed by atoms with Gasteiger partial charge in [-0.15, -0.1) is 0 Å². The number of benzene rings is 2. The van der Waals surface area contributed by atoms with Gasteiger partial charge in [0.1, 0.15) is 5.75 Å². The number of aromatic hydroxyl groups is 1. The van der Waals surface area contributed by atoms with E-state index in [1.54, 1.807) is 21.9 Å². The van der Waals surface area contributed by atoms with Crippen molar-refractivity contribution in [3.05, 3.63) is 42.0 Å². The predicted molar refractivity (Wildman–Crippen MR) is 92.9 cm³/mol. The molecule has 0 unspecified atom stereocenters. The molecule has 2 amide bonds. The molecule has 1 heterocycles. The zero-order valence-corrected chi connectivity index (χ0v) is 14.0. The van der Waals surface area contributed by atoms with Gasteiger partial charge in [0.15, 0.2) is 0 Å². The SMILES string of the molecule is CC(C)C(=O)N1CCN(C(=O)c2cc3ccccc3cc2O)CC1. The molecule has 0 atom stereocenters. The van der Waals surface area contributed by atoms with Gasteiger partial charge in [0.05, 0.1) is 5.56 Å². The minimum Gasteiger partial charge on any atom is -0.507 e. The van der Waals surface area contributed by atoms with Crippen molar-refractivity contribution in [1.82, 2.24) is 9.80 Å². The molecule has 0 aliphatic carbocycles. The van der Waals surface area contributed by atoms with E-state index < -0.39 is 0 Å². The fourth-order valence-corrected chi connectivity index (χ4v) is 3.06. The van der Waals surface area contributed by atoms with Gasteiger partial charge in [-0.1, -0.05) is 38.1 Å². The molecular formula is C19H22N2O3. The van der Waals surface area contributed by atoms with Crippen LogP contribution in [0.25, 0.3) is 10.8 Å². The second-order valence-electron chi connectivity index (χ2n) is 6.49. The maximum atomic E-state index is 12.7. The average Bonchev–Trinajstić information content (AvgIpc) is 2.60. The van der Waals surface area contributed by atoms with Crippen LogP contribution in [0.5, 0.6) is 5.75 Å². The van der Waals surface area contributed by atoms with Crippen molar-refractivity contribution < 1.29 is 14.7 Å². The first kappa shape index (κ1) is 16.3. The van der Waals surface area contributed by atoms with Gasteiger partial charge >= 0.3 is 0 Å². The van der Waals surface area contributed by atoms with E-state index in [2.05, 4.69) is 0 Å². The van der Waals surface area contributed by atoms with Gasteiger partial charge in [-0.3, -0.25) is 9.59 Å². The monoisotopic (exact) mass is 326 g/mol. The number of fused-ring (bicyclic) bond motifs is 1. The number of phenolic OH excluding ortho intramolecular Hbond substituents is 1. The lowest BCUT2D eigenvalue weighted by molar-refractivity contribution is -0.135. The Hall–Kier alpha value is -2.56. The Labute approximate surface area is 141 Å². The summed E-state index contributed by atoms with van der Waals surface area (Å²) >= 11 is 0. The van der Waals surface area contributed by atoms with Crippen molar-refractivity contribution in [1.29, 1.82) is 0 Å². The van der Waals surface area contributed by atoms with Gasteiger partial charge in [0.2, 0.25) is 5.91 Å². The summed E-state index contributed by atoms with van der Waals surface area (Å²) in [6, 6.07) is 11.0. The van der Waals surface area contributed by atoms with Crippen LogP contribution in [0.1, 0.15) is 24.2 Å². The fourth-order valence-electron chi connectivity index (χ4n) is 3.06. The first-order chi connectivity index (χ1) is 11.5. The summed E-state index contributed by atoms with van der Waals surface area (Å²) < 4.78 is 0. The lowest BCUT2D eigenvalue weighted by Gasteiger charge is -2.35. The van der Waals surface area contributed by atoms with Crippen LogP contribution in [0.15, 0.2) is 36.4 Å². The Bertz CT molecular complexity index is 777. The molecule has 0 saturated carbocycles. The van der Waals surface area contributed by atoms with Gasteiger partial charge in [0, 0.05) is 32.1 Å². The highest BCUT2D eigenvalue weighted by Gasteiger charge is 2.27. The Morgan fingerprint density at radius 2 is 1.50 bits per heavy atom. The molecule has 24 heavy (non-hydrogen) atoms. The van der Waals surface area contributed by atoms with Gasteiger partial charge in [-0.05, 0) is 22.9 Å². The van der Waals surface area contributed by atoms with Crippen LogP contribution in [-0.2, 0) is 4.79 Å². The van der Waals surface area contributed by atoms with Gasteiger partial charge in [-0.2, -0.15) is 0 Å². The molecule has 2 aromatic carbocycles. The number of phenols is 1. The van der Waals surface area contributed by atoms with Crippen LogP contribution in [0.4, 0.5) is 0 Å². The molecular weight excluding hydrogens is 304 g/mol. The Morgan fingerprint density at radius 1 is 0.958 bits per heavy atom. The first-order valence-electron chi connectivity index (χ1n) is 8.27. The van der Waals surface area contributed by atoms with Gasteiger partial charge in [0.25, 0.3) is 5.91 Å². The maximum absolute atomic E-state index is 12.7. The number of rotatable bonds is 2. The van der Waals surface area contributed by atoms with Gasteiger partial charge in [-0.25, -0.2) is 0 Å². The smallest absolute Gasteiger partial charge is 0.257 e. The van der Waals surface area contributed by atoms with E-state index in [0.717, 1.165) is 10.8 Å². The highest BCUT2D eigenvalue weighted by molar-refractivity contribution is 6.01. The van der Waals surface area contributed by atoms with Crippen molar-refractivity contribution in [3.63, 3.8) is 0 Å². The van der Waals surface area contributed by atoms with E-state index in [1.807, 2.05) is 38.1 Å². The van der Waals surface area contributed by atoms with Crippen molar-refractivity contribution in [2.24, 2.45) is 5.92 Å². The molecule has 1 N–H and O–H groups in total. The number of piperazine rings is 1. The standard InChI is InChI=1S/C19H22N2O3/c1-13(2)18(23)20-7-9-21(10-8-20)19(24)16-11-14-5-3-4-6-15(14)12-17(16)22/h3-6,11-13,22H,7-10H2,1-2H3. The van der Waals surface area contributed by atoms with Crippen molar-refractivity contribution in [3.8, 4) is 5.75 Å². The molecule has 0 spiro atoms. The Balaban J connectivity index is 1.76. The first-order valence-corrected chi connectivity index (χ1v) is 8.27. The predicted octanol–water partition coefficient (Wildman–Crippen LogP) is 2.49. The highest BCUT2D eigenvalue weighted by Crippen LogP contribution is 2.26. The summed E-state index contributed by atoms with van der Waals surface area (Å²) in [4.78, 5) is 28.3. The lowest BCUT2D eigenvalue weighted by atomic mass is 10.0. The van der Waals surface area contributed by atoms with Crippen molar-refractivity contribution in [2.75, 3.05) is 26.2 Å². The molecule has 1 saturated heterocycles. The Morgan fingerprint density at radius 3 is 2.08 bits per heavy atom. The van der Waals surface area contributed by atoms with Crippen LogP contribution in [0, 0.1) is 5.92 Å². The summed E-state index contributed by atoms with van der Waals surface area (Å²) in [7, 11) is 0. The molecule has 1 aliphatic rings. The quantitative estimate of drug-likeness (QED) is 0.922. The van der Waals surface area contributed by atoms with E-state index in [0.29, 0.717) is 31.7 Å². The molecule has 1 aliphatic heterocycles. The van der Waals surface area contributed by atoms with Crippen molar-refractivity contribution >= 4 is 22.6 Å². The zero-order valence-electron chi connectivity index (χ0n) is 14.0. The molecule has 0 bridgehead atoms. The molecule has 0 aromatic heterocycles. The third-order valence-corrected chi connectivity index (χ3v) is 4.47. The van der Waals surface area contributed by atoms with Gasteiger partial charge < -0.3 is 14.9 Å². The molecule has 1 fully saturated rings. The number of amides is 2. The second kappa shape index (κ2) is 6.51. The summed E-state index contributed by atoms with van der Waals surface area (Å²) in [6.45, 7) is 5.82. The number of hydrogen-bond acceptors (Lipinski definition) is 3. The van der Waals surface area contributed by atoms with E-state index in [-0.39, 0.29) is 23.5 Å². The summed E-state index contributed by atoms with van der Waals surface area (Å²) in [6.07, 6.45) is 0. The number of carbonyl (C=O) groups excluding carboxylic acids is 2. The van der Waals surface area contributed by atoms with Crippen LogP contribution in [0.2, 0.25) is 0 Å². The molecule has 3 rings (SSSR count). The third-order valence-electron chi connectivity index (χ3n) is 4.47. The van der Waals surface area contributed by atoms with E-state index >= 15 is 0 Å². The average molecular weight is 326 g/mol. The van der Waals surface area contributed by atoms with E-state index in [1.165, 1.54) is 0 Å². The minimum absolute atomic E-state index is 0.000568. The summed E-state index contributed by atoms with van der Waals surface area (Å²) in [5.74, 6) is -0.0956. The van der Waals surface area contributed by atoms with E-state index in [9.17, 15) is 14.7 Å². The second-order valence-corrected chi connectivity index (χ2v) is 6.49. The van der Waals surface area contributed by atoms with Crippen LogP contribution in [-0.4, -0.2) is 52.9 Å². The highest BCUT2D eigenvalue weighted by atomic mass is 16.3. The van der Waals surface area contributed by atoms with Crippen LogP contribution < -0.4 is 0 Å².